The summed E-state index contributed by atoms with van der Waals surface area (Å²) in [7, 11) is 0. The molecule has 1 aliphatic heterocycles. The Morgan fingerprint density at radius 3 is 3.11 bits per heavy atom. The van der Waals surface area contributed by atoms with E-state index in [9.17, 15) is 5.11 Å². The maximum absolute atomic E-state index is 9.41. The summed E-state index contributed by atoms with van der Waals surface area (Å²) in [6, 6.07) is 0. The Morgan fingerprint density at radius 2 is 2.32 bits per heavy atom. The molecule has 2 aromatic rings. The molecule has 1 N–H and O–H groups in total. The molecule has 0 spiro atoms. The average Bonchev–Trinajstić information content (AvgIpc) is 3.04. The lowest BCUT2D eigenvalue weighted by Crippen LogP contribution is -2.33. The fourth-order valence-corrected chi connectivity index (χ4v) is 3.28. The van der Waals surface area contributed by atoms with Crippen molar-refractivity contribution in [1.29, 1.82) is 0 Å². The predicted octanol–water partition coefficient (Wildman–Crippen LogP) is 1.20. The zero-order valence-corrected chi connectivity index (χ0v) is 11.7. The Bertz CT molecular complexity index is 564. The van der Waals surface area contributed by atoms with Crippen molar-refractivity contribution in [1.82, 2.24) is 19.7 Å². The quantitative estimate of drug-likeness (QED) is 0.911. The van der Waals surface area contributed by atoms with Gasteiger partial charge in [0.05, 0.1) is 23.7 Å². The number of anilines is 1. The maximum Gasteiger partial charge on any atom is 0.186 e. The fourth-order valence-electron chi connectivity index (χ4n) is 2.29. The van der Waals surface area contributed by atoms with Gasteiger partial charge in [0.15, 0.2) is 11.0 Å². The van der Waals surface area contributed by atoms with Crippen LogP contribution in [0, 0.1) is 0 Å². The number of aromatic nitrogens is 4. The molecule has 6 nitrogen and oxygen atoms in total. The minimum absolute atomic E-state index is 0.0804. The van der Waals surface area contributed by atoms with Gasteiger partial charge < -0.3 is 14.6 Å². The van der Waals surface area contributed by atoms with E-state index in [0.717, 1.165) is 54.0 Å². The van der Waals surface area contributed by atoms with E-state index in [1.54, 1.807) is 17.7 Å². The molecule has 19 heavy (non-hydrogen) atoms. The Morgan fingerprint density at radius 1 is 1.42 bits per heavy atom. The zero-order valence-electron chi connectivity index (χ0n) is 10.9. The van der Waals surface area contributed by atoms with Gasteiger partial charge in [-0.25, -0.2) is 4.98 Å². The number of hydrogen-bond donors (Lipinski definition) is 1. The molecule has 3 heterocycles. The number of nitrogens with zero attached hydrogens (tertiary/aromatic N) is 5. The molecule has 0 aromatic carbocycles. The van der Waals surface area contributed by atoms with Gasteiger partial charge in [0.2, 0.25) is 0 Å². The number of aryl methyl sites for hydroxylation is 1. The number of aliphatic hydroxyl groups is 1. The summed E-state index contributed by atoms with van der Waals surface area (Å²) in [6.45, 7) is 4.75. The minimum atomic E-state index is 0.0804. The normalized spacial score (nSPS) is 14.7. The number of fused-ring (bicyclic) bond motifs is 1. The number of rotatable bonds is 4. The summed E-state index contributed by atoms with van der Waals surface area (Å²) in [5.74, 6) is 0.976. The second-order valence-corrected chi connectivity index (χ2v) is 5.70. The summed E-state index contributed by atoms with van der Waals surface area (Å²) >= 11 is 1.59. The monoisotopic (exact) mass is 279 g/mol. The first-order chi connectivity index (χ1) is 9.31. The molecule has 1 aliphatic rings. The summed E-state index contributed by atoms with van der Waals surface area (Å²) < 4.78 is 2.07. The second kappa shape index (κ2) is 5.26. The van der Waals surface area contributed by atoms with Crippen LogP contribution in [-0.4, -0.2) is 31.4 Å². The molecule has 0 atom stereocenters. The van der Waals surface area contributed by atoms with Gasteiger partial charge in [-0.05, 0) is 6.42 Å². The van der Waals surface area contributed by atoms with Gasteiger partial charge in [0.1, 0.15) is 6.33 Å². The third-order valence-electron chi connectivity index (χ3n) is 3.31. The van der Waals surface area contributed by atoms with Gasteiger partial charge in [0.25, 0.3) is 0 Å². The first-order valence-corrected chi connectivity index (χ1v) is 7.34. The number of aliphatic hydroxyl groups excluding tert-OH is 1. The number of hydrogen-bond acceptors (Lipinski definition) is 6. The van der Waals surface area contributed by atoms with Crippen molar-refractivity contribution in [3.8, 4) is 0 Å². The van der Waals surface area contributed by atoms with Crippen molar-refractivity contribution in [2.45, 2.75) is 39.5 Å². The van der Waals surface area contributed by atoms with Gasteiger partial charge in [-0.2, -0.15) is 0 Å². The topological polar surface area (TPSA) is 67.1 Å². The number of thiazole rings is 1. The molecule has 2 aromatic heterocycles. The van der Waals surface area contributed by atoms with Crippen molar-refractivity contribution >= 4 is 16.5 Å². The van der Waals surface area contributed by atoms with Crippen LogP contribution < -0.4 is 4.90 Å². The molecule has 0 radical (unpaired) electrons. The largest absolute Gasteiger partial charge is 0.391 e. The van der Waals surface area contributed by atoms with Crippen LogP contribution in [0.25, 0.3) is 0 Å². The van der Waals surface area contributed by atoms with Crippen LogP contribution in [0.1, 0.15) is 29.7 Å². The predicted molar refractivity (Wildman–Crippen MR) is 73.1 cm³/mol. The molecule has 0 saturated carbocycles. The fraction of sp³-hybridized carbons (Fsp3) is 0.583. The van der Waals surface area contributed by atoms with Crippen LogP contribution >= 0.6 is 11.3 Å². The molecule has 3 rings (SSSR count). The molecule has 102 valence electrons. The van der Waals surface area contributed by atoms with Crippen LogP contribution in [0.4, 0.5) is 5.13 Å². The van der Waals surface area contributed by atoms with Crippen molar-refractivity contribution < 1.29 is 5.11 Å². The molecule has 0 amide bonds. The highest BCUT2D eigenvalue weighted by atomic mass is 32.1. The molecule has 0 fully saturated rings. The lowest BCUT2D eigenvalue weighted by Gasteiger charge is -2.26. The third kappa shape index (κ3) is 2.35. The first-order valence-electron chi connectivity index (χ1n) is 6.53. The van der Waals surface area contributed by atoms with E-state index in [1.807, 2.05) is 0 Å². The first kappa shape index (κ1) is 12.6. The van der Waals surface area contributed by atoms with Crippen LogP contribution in [0.15, 0.2) is 6.33 Å². The van der Waals surface area contributed by atoms with Crippen LogP contribution in [0.5, 0.6) is 0 Å². The van der Waals surface area contributed by atoms with Crippen molar-refractivity contribution in [2.75, 3.05) is 11.4 Å². The van der Waals surface area contributed by atoms with Gasteiger partial charge in [-0.3, -0.25) is 0 Å². The Hall–Kier alpha value is -1.47. The highest BCUT2D eigenvalue weighted by molar-refractivity contribution is 7.15. The van der Waals surface area contributed by atoms with E-state index in [-0.39, 0.29) is 6.61 Å². The molecule has 0 saturated heterocycles. The van der Waals surface area contributed by atoms with Crippen molar-refractivity contribution in [3.63, 3.8) is 0 Å². The average molecular weight is 279 g/mol. The molecular formula is C12H17N5OS. The van der Waals surface area contributed by atoms with E-state index in [4.69, 9.17) is 0 Å². The van der Waals surface area contributed by atoms with Crippen LogP contribution in [0.3, 0.4) is 0 Å². The van der Waals surface area contributed by atoms with Gasteiger partial charge >= 0.3 is 0 Å². The van der Waals surface area contributed by atoms with Crippen LogP contribution in [0.2, 0.25) is 0 Å². The summed E-state index contributed by atoms with van der Waals surface area (Å²) in [5, 5.41) is 18.4. The zero-order chi connectivity index (χ0) is 13.2. The van der Waals surface area contributed by atoms with E-state index in [0.29, 0.717) is 0 Å². The highest BCUT2D eigenvalue weighted by Gasteiger charge is 2.21. The van der Waals surface area contributed by atoms with E-state index in [1.165, 1.54) is 0 Å². The Kier molecular flexibility index (Phi) is 3.48. The molecule has 7 heteroatoms. The van der Waals surface area contributed by atoms with Gasteiger partial charge in [0, 0.05) is 13.1 Å². The van der Waals surface area contributed by atoms with Gasteiger partial charge in [-0.1, -0.05) is 24.7 Å². The standard InChI is InChI=1S/C12H17N5OS/c1-2-3-9-10(7-18)19-12(14-9)16-4-5-17-8-13-15-11(17)6-16/h8,18H,2-7H2,1H3. The molecule has 0 unspecified atom stereocenters. The highest BCUT2D eigenvalue weighted by Crippen LogP contribution is 2.29. The van der Waals surface area contributed by atoms with Gasteiger partial charge in [-0.15, -0.1) is 10.2 Å². The second-order valence-electron chi connectivity index (χ2n) is 4.64. The summed E-state index contributed by atoms with van der Waals surface area (Å²) in [6.07, 6.45) is 3.75. The Balaban J connectivity index is 1.83. The third-order valence-corrected chi connectivity index (χ3v) is 4.45. The lowest BCUT2D eigenvalue weighted by molar-refractivity contribution is 0.284. The van der Waals surface area contributed by atoms with Crippen LogP contribution in [-0.2, 0) is 26.1 Å². The SMILES string of the molecule is CCCc1nc(N2CCn3cnnc3C2)sc1CO. The van der Waals surface area contributed by atoms with Crippen molar-refractivity contribution in [3.05, 3.63) is 22.7 Å². The van der Waals surface area contributed by atoms with E-state index < -0.39 is 0 Å². The molecule has 0 aliphatic carbocycles. The lowest BCUT2D eigenvalue weighted by atomic mass is 10.2. The van der Waals surface area contributed by atoms with Crippen molar-refractivity contribution in [2.24, 2.45) is 0 Å². The summed E-state index contributed by atoms with van der Waals surface area (Å²) in [5.41, 5.74) is 1.04. The van der Waals surface area contributed by atoms with E-state index in [2.05, 4.69) is 31.6 Å². The summed E-state index contributed by atoms with van der Waals surface area (Å²) in [4.78, 5) is 7.88. The smallest absolute Gasteiger partial charge is 0.186 e. The Labute approximate surface area is 115 Å². The maximum atomic E-state index is 9.41. The molecular weight excluding hydrogens is 262 g/mol. The molecule has 0 bridgehead atoms. The minimum Gasteiger partial charge on any atom is -0.391 e. The van der Waals surface area contributed by atoms with E-state index >= 15 is 0 Å².